The number of nitrogens with zero attached hydrogens (tertiary/aromatic N) is 2. The minimum absolute atomic E-state index is 0.0349. The minimum atomic E-state index is -0.392. The number of hydrogen-bond donors (Lipinski definition) is 0. The summed E-state index contributed by atoms with van der Waals surface area (Å²) < 4.78 is 5.04. The van der Waals surface area contributed by atoms with Gasteiger partial charge in [0.25, 0.3) is 5.91 Å². The molecular formula is C17H16N2O3. The van der Waals surface area contributed by atoms with E-state index in [0.717, 1.165) is 5.56 Å². The maximum Gasteiger partial charge on any atom is 0.279 e. The fourth-order valence-electron chi connectivity index (χ4n) is 1.99. The van der Waals surface area contributed by atoms with Crippen molar-refractivity contribution < 1.29 is 14.3 Å². The second-order valence-electron chi connectivity index (χ2n) is 4.58. The molecule has 1 amide bonds. The Labute approximate surface area is 128 Å². The highest BCUT2D eigenvalue weighted by molar-refractivity contribution is 5.94. The lowest BCUT2D eigenvalue weighted by atomic mass is 10.1. The van der Waals surface area contributed by atoms with E-state index in [9.17, 15) is 9.59 Å². The summed E-state index contributed by atoms with van der Waals surface area (Å²) in [6.45, 7) is -0.0349. The number of allylic oxidation sites excluding steroid dienone is 1. The van der Waals surface area contributed by atoms with Crippen LogP contribution in [0.15, 0.2) is 60.4 Å². The number of methoxy groups -OCH3 is 1. The zero-order chi connectivity index (χ0) is 15.8. The SMILES string of the molecule is COCN(C(=O)c1ccccn1)C(=C=O)Cc1ccccc1. The quantitative estimate of drug-likeness (QED) is 0.605. The topological polar surface area (TPSA) is 59.5 Å². The predicted octanol–water partition coefficient (Wildman–Crippen LogP) is 2.09. The largest absolute Gasteiger partial charge is 0.364 e. The minimum Gasteiger partial charge on any atom is -0.364 e. The Bertz CT molecular complexity index is 665. The highest BCUT2D eigenvalue weighted by Gasteiger charge is 2.21. The lowest BCUT2D eigenvalue weighted by Crippen LogP contribution is -2.34. The average Bonchev–Trinajstić information content (AvgIpc) is 2.59. The van der Waals surface area contributed by atoms with Gasteiger partial charge in [-0.3, -0.25) is 14.7 Å². The molecule has 2 aromatic rings. The van der Waals surface area contributed by atoms with Gasteiger partial charge in [0.1, 0.15) is 24.1 Å². The third-order valence-electron chi connectivity index (χ3n) is 3.05. The van der Waals surface area contributed by atoms with Crippen molar-refractivity contribution in [2.45, 2.75) is 6.42 Å². The summed E-state index contributed by atoms with van der Waals surface area (Å²) in [4.78, 5) is 29.1. The molecule has 5 heteroatoms. The first-order valence-electron chi connectivity index (χ1n) is 6.76. The van der Waals surface area contributed by atoms with Gasteiger partial charge in [0.2, 0.25) is 0 Å². The molecule has 112 valence electrons. The first-order valence-corrected chi connectivity index (χ1v) is 6.76. The normalized spacial score (nSPS) is 9.86. The van der Waals surface area contributed by atoms with Gasteiger partial charge < -0.3 is 4.74 Å². The Morgan fingerprint density at radius 1 is 1.18 bits per heavy atom. The van der Waals surface area contributed by atoms with Crippen LogP contribution in [0.4, 0.5) is 0 Å². The molecule has 1 aromatic heterocycles. The second-order valence-corrected chi connectivity index (χ2v) is 4.58. The average molecular weight is 296 g/mol. The number of benzene rings is 1. The van der Waals surface area contributed by atoms with Crippen molar-refractivity contribution in [1.29, 1.82) is 0 Å². The molecule has 0 atom stereocenters. The summed E-state index contributed by atoms with van der Waals surface area (Å²) in [7, 11) is 1.46. The molecule has 2 rings (SSSR count). The molecule has 0 unspecified atom stereocenters. The number of pyridine rings is 1. The van der Waals surface area contributed by atoms with Gasteiger partial charge in [-0.1, -0.05) is 36.4 Å². The fourth-order valence-corrected chi connectivity index (χ4v) is 1.99. The van der Waals surface area contributed by atoms with E-state index in [-0.39, 0.29) is 18.1 Å². The van der Waals surface area contributed by atoms with Crippen LogP contribution >= 0.6 is 0 Å². The second kappa shape index (κ2) is 7.88. The smallest absolute Gasteiger partial charge is 0.279 e. The number of carbonyl (C=O) groups excluding carboxylic acids is 2. The summed E-state index contributed by atoms with van der Waals surface area (Å²) >= 11 is 0. The molecule has 0 N–H and O–H groups in total. The van der Waals surface area contributed by atoms with E-state index in [1.807, 2.05) is 36.3 Å². The molecule has 0 aliphatic carbocycles. The van der Waals surface area contributed by atoms with Crippen molar-refractivity contribution in [3.05, 3.63) is 71.7 Å². The van der Waals surface area contributed by atoms with Crippen molar-refractivity contribution in [3.8, 4) is 0 Å². The van der Waals surface area contributed by atoms with Crippen LogP contribution in [0, 0.1) is 0 Å². The zero-order valence-corrected chi connectivity index (χ0v) is 12.2. The fraction of sp³-hybridized carbons (Fsp3) is 0.176. The zero-order valence-electron chi connectivity index (χ0n) is 12.2. The van der Waals surface area contributed by atoms with Crippen LogP contribution in [0.3, 0.4) is 0 Å². The van der Waals surface area contributed by atoms with E-state index in [1.54, 1.807) is 18.2 Å². The molecule has 0 spiro atoms. The van der Waals surface area contributed by atoms with Crippen molar-refractivity contribution in [2.24, 2.45) is 0 Å². The van der Waals surface area contributed by atoms with Gasteiger partial charge in [0.05, 0.1) is 0 Å². The molecule has 0 aliphatic heterocycles. The van der Waals surface area contributed by atoms with Crippen LogP contribution in [-0.2, 0) is 16.0 Å². The van der Waals surface area contributed by atoms with Crippen molar-refractivity contribution in [3.63, 3.8) is 0 Å². The third kappa shape index (κ3) is 3.88. The van der Waals surface area contributed by atoms with Gasteiger partial charge in [-0.15, -0.1) is 0 Å². The highest BCUT2D eigenvalue weighted by atomic mass is 16.5. The van der Waals surface area contributed by atoms with Gasteiger partial charge in [0.15, 0.2) is 0 Å². The van der Waals surface area contributed by atoms with E-state index in [4.69, 9.17) is 4.74 Å². The Balaban J connectivity index is 2.25. The maximum absolute atomic E-state index is 12.5. The number of ether oxygens (including phenoxy) is 1. The van der Waals surface area contributed by atoms with E-state index in [1.165, 1.54) is 18.2 Å². The number of hydrogen-bond acceptors (Lipinski definition) is 4. The Morgan fingerprint density at radius 2 is 1.91 bits per heavy atom. The molecule has 0 fully saturated rings. The molecule has 1 aromatic carbocycles. The first-order chi connectivity index (χ1) is 10.8. The lowest BCUT2D eigenvalue weighted by Gasteiger charge is -2.21. The summed E-state index contributed by atoms with van der Waals surface area (Å²) in [6.07, 6.45) is 1.83. The van der Waals surface area contributed by atoms with Gasteiger partial charge in [-0.2, -0.15) is 0 Å². The molecule has 0 saturated carbocycles. The van der Waals surface area contributed by atoms with Gasteiger partial charge >= 0.3 is 0 Å². The molecule has 0 saturated heterocycles. The molecule has 22 heavy (non-hydrogen) atoms. The predicted molar refractivity (Wildman–Crippen MR) is 81.6 cm³/mol. The van der Waals surface area contributed by atoms with Crippen LogP contribution in [0.5, 0.6) is 0 Å². The Hall–Kier alpha value is -2.75. The summed E-state index contributed by atoms with van der Waals surface area (Å²) in [5, 5.41) is 0. The van der Waals surface area contributed by atoms with Crippen LogP contribution in [0.2, 0.25) is 0 Å². The summed E-state index contributed by atoms with van der Waals surface area (Å²) in [5.41, 5.74) is 1.37. The molecule has 1 heterocycles. The molecule has 0 radical (unpaired) electrons. The molecule has 0 aliphatic rings. The number of amides is 1. The van der Waals surface area contributed by atoms with E-state index < -0.39 is 5.91 Å². The van der Waals surface area contributed by atoms with Crippen molar-refractivity contribution in [2.75, 3.05) is 13.8 Å². The number of aromatic nitrogens is 1. The monoisotopic (exact) mass is 296 g/mol. The van der Waals surface area contributed by atoms with E-state index in [0.29, 0.717) is 6.42 Å². The van der Waals surface area contributed by atoms with Crippen LogP contribution < -0.4 is 0 Å². The Kier molecular flexibility index (Phi) is 5.60. The third-order valence-corrected chi connectivity index (χ3v) is 3.05. The van der Waals surface area contributed by atoms with Crippen molar-refractivity contribution in [1.82, 2.24) is 9.88 Å². The van der Waals surface area contributed by atoms with E-state index in [2.05, 4.69) is 4.98 Å². The van der Waals surface area contributed by atoms with Gasteiger partial charge in [-0.05, 0) is 17.7 Å². The first kappa shape index (κ1) is 15.6. The lowest BCUT2D eigenvalue weighted by molar-refractivity contribution is 0.0524. The summed E-state index contributed by atoms with van der Waals surface area (Å²) in [5.74, 6) is 1.46. The number of rotatable bonds is 6. The molecule has 0 bridgehead atoms. The standard InChI is InChI=1S/C17H16N2O3/c1-22-13-19(17(21)16-9-5-6-10-18-16)15(12-20)11-14-7-3-2-4-8-14/h2-10H,11,13H2,1H3. The van der Waals surface area contributed by atoms with Crippen LogP contribution in [0.25, 0.3) is 0 Å². The summed E-state index contributed by atoms with van der Waals surface area (Å²) in [6, 6.07) is 14.4. The van der Waals surface area contributed by atoms with Gasteiger partial charge in [0, 0.05) is 19.7 Å². The van der Waals surface area contributed by atoms with Crippen LogP contribution in [-0.4, -0.2) is 35.6 Å². The highest BCUT2D eigenvalue weighted by Crippen LogP contribution is 2.13. The molecule has 5 nitrogen and oxygen atoms in total. The van der Waals surface area contributed by atoms with Crippen molar-refractivity contribution >= 4 is 11.8 Å². The molecular weight excluding hydrogens is 280 g/mol. The number of carbonyl (C=O) groups is 1. The Morgan fingerprint density at radius 3 is 2.50 bits per heavy atom. The van der Waals surface area contributed by atoms with E-state index >= 15 is 0 Å². The maximum atomic E-state index is 12.5. The van der Waals surface area contributed by atoms with Crippen LogP contribution in [0.1, 0.15) is 16.1 Å². The van der Waals surface area contributed by atoms with Gasteiger partial charge in [-0.25, -0.2) is 4.79 Å².